The molecule has 0 radical (unpaired) electrons. The third kappa shape index (κ3) is 2.14. The Morgan fingerprint density at radius 2 is 1.95 bits per heavy atom. The summed E-state index contributed by atoms with van der Waals surface area (Å²) in [4.78, 5) is 12.5. The van der Waals surface area contributed by atoms with Crippen molar-refractivity contribution in [3.8, 4) is 5.75 Å². The van der Waals surface area contributed by atoms with Crippen molar-refractivity contribution in [3.63, 3.8) is 0 Å². The normalized spacial score (nSPS) is 16.8. The van der Waals surface area contributed by atoms with E-state index in [1.54, 1.807) is 0 Å². The van der Waals surface area contributed by atoms with E-state index in [0.29, 0.717) is 6.42 Å². The van der Waals surface area contributed by atoms with Crippen LogP contribution in [0.1, 0.15) is 27.0 Å². The average Bonchev–Trinajstić information content (AvgIpc) is 2.81. The summed E-state index contributed by atoms with van der Waals surface area (Å²) in [5, 5.41) is 0. The van der Waals surface area contributed by atoms with Crippen LogP contribution in [-0.2, 0) is 6.42 Å². The molecule has 2 nitrogen and oxygen atoms in total. The minimum atomic E-state index is -0.376. The predicted octanol–water partition coefficient (Wildman–Crippen LogP) is 3.49. The lowest BCUT2D eigenvalue weighted by molar-refractivity contribution is 0.0824. The summed E-state index contributed by atoms with van der Waals surface area (Å²) in [6.07, 6.45) is 0.293. The Morgan fingerprint density at radius 1 is 1.16 bits per heavy atom. The van der Waals surface area contributed by atoms with Crippen LogP contribution in [0, 0.1) is 13.8 Å². The number of rotatable bonds is 2. The maximum Gasteiger partial charge on any atom is 0.203 e. The molecule has 19 heavy (non-hydrogen) atoms. The van der Waals surface area contributed by atoms with Crippen LogP contribution < -0.4 is 4.74 Å². The molecule has 1 unspecified atom stereocenters. The first-order valence-corrected chi connectivity index (χ1v) is 6.51. The second-order valence-corrected chi connectivity index (χ2v) is 5.10. The molecule has 3 rings (SSSR count). The molecule has 0 fully saturated rings. The Morgan fingerprint density at radius 3 is 2.68 bits per heavy atom. The van der Waals surface area contributed by atoms with Crippen molar-refractivity contribution in [3.05, 3.63) is 64.7 Å². The number of Topliss-reactive ketones (excluding diaryl/α,β-unsaturated/α-hetero) is 1. The zero-order valence-corrected chi connectivity index (χ0v) is 11.1. The van der Waals surface area contributed by atoms with Gasteiger partial charge in [0.2, 0.25) is 5.78 Å². The third-order valence-electron chi connectivity index (χ3n) is 3.59. The highest BCUT2D eigenvalue weighted by Crippen LogP contribution is 2.30. The van der Waals surface area contributed by atoms with Gasteiger partial charge in [-0.1, -0.05) is 42.0 Å². The number of para-hydroxylation sites is 1. The van der Waals surface area contributed by atoms with E-state index >= 15 is 0 Å². The third-order valence-corrected chi connectivity index (χ3v) is 3.59. The SMILES string of the molecule is Cc1ccc(C(=O)C2Cc3ccccc3O2)c(C)c1. The molecule has 1 aliphatic heterocycles. The van der Waals surface area contributed by atoms with Crippen molar-refractivity contribution >= 4 is 5.78 Å². The van der Waals surface area contributed by atoms with E-state index in [-0.39, 0.29) is 11.9 Å². The minimum absolute atomic E-state index is 0.0775. The van der Waals surface area contributed by atoms with Crippen LogP contribution in [-0.4, -0.2) is 11.9 Å². The van der Waals surface area contributed by atoms with Gasteiger partial charge in [0.25, 0.3) is 0 Å². The van der Waals surface area contributed by atoms with Crippen molar-refractivity contribution in [2.75, 3.05) is 0 Å². The fourth-order valence-corrected chi connectivity index (χ4v) is 2.59. The van der Waals surface area contributed by atoms with Crippen LogP contribution >= 0.6 is 0 Å². The van der Waals surface area contributed by atoms with Gasteiger partial charge in [0.05, 0.1) is 0 Å². The molecule has 0 bridgehead atoms. The van der Waals surface area contributed by atoms with Crippen molar-refractivity contribution in [1.82, 2.24) is 0 Å². The fraction of sp³-hybridized carbons (Fsp3) is 0.235. The van der Waals surface area contributed by atoms with Crippen LogP contribution in [0.5, 0.6) is 5.75 Å². The quantitative estimate of drug-likeness (QED) is 0.765. The Bertz CT molecular complexity index is 618. The summed E-state index contributed by atoms with van der Waals surface area (Å²) in [7, 11) is 0. The van der Waals surface area contributed by atoms with E-state index in [0.717, 1.165) is 22.4 Å². The molecule has 1 atom stereocenters. The van der Waals surface area contributed by atoms with Crippen LogP contribution in [0.2, 0.25) is 0 Å². The highest BCUT2D eigenvalue weighted by molar-refractivity contribution is 6.01. The zero-order valence-electron chi connectivity index (χ0n) is 11.1. The predicted molar refractivity (Wildman–Crippen MR) is 74.8 cm³/mol. The van der Waals surface area contributed by atoms with E-state index in [1.165, 1.54) is 5.56 Å². The number of fused-ring (bicyclic) bond motifs is 1. The van der Waals surface area contributed by atoms with Crippen LogP contribution in [0.15, 0.2) is 42.5 Å². The number of aryl methyl sites for hydroxylation is 2. The molecule has 0 amide bonds. The lowest BCUT2D eigenvalue weighted by atomic mass is 9.97. The largest absolute Gasteiger partial charge is 0.482 e. The molecule has 0 spiro atoms. The Kier molecular flexibility index (Phi) is 2.86. The highest BCUT2D eigenvalue weighted by Gasteiger charge is 2.30. The molecule has 0 aromatic heterocycles. The Hall–Kier alpha value is -2.09. The fourth-order valence-electron chi connectivity index (χ4n) is 2.59. The van der Waals surface area contributed by atoms with Crippen LogP contribution in [0.25, 0.3) is 0 Å². The molecule has 2 heteroatoms. The number of ether oxygens (including phenoxy) is 1. The summed E-state index contributed by atoms with van der Waals surface area (Å²) in [5.74, 6) is 0.916. The van der Waals surface area contributed by atoms with Gasteiger partial charge < -0.3 is 4.74 Å². The summed E-state index contributed by atoms with van der Waals surface area (Å²) >= 11 is 0. The van der Waals surface area contributed by atoms with Crippen molar-refractivity contribution in [2.24, 2.45) is 0 Å². The number of carbonyl (C=O) groups excluding carboxylic acids is 1. The summed E-state index contributed by atoms with van der Waals surface area (Å²) in [5.41, 5.74) is 4.07. The summed E-state index contributed by atoms with van der Waals surface area (Å²) < 4.78 is 5.76. The van der Waals surface area contributed by atoms with Gasteiger partial charge in [0.15, 0.2) is 6.10 Å². The van der Waals surface area contributed by atoms with Gasteiger partial charge in [-0.25, -0.2) is 0 Å². The first-order chi connectivity index (χ1) is 9.15. The van der Waals surface area contributed by atoms with Crippen LogP contribution in [0.4, 0.5) is 0 Å². The van der Waals surface area contributed by atoms with E-state index in [2.05, 4.69) is 0 Å². The average molecular weight is 252 g/mol. The number of benzene rings is 2. The molecular formula is C17H16O2. The Balaban J connectivity index is 1.87. The maximum absolute atomic E-state index is 12.5. The molecular weight excluding hydrogens is 236 g/mol. The number of hydrogen-bond donors (Lipinski definition) is 0. The topological polar surface area (TPSA) is 26.3 Å². The standard InChI is InChI=1S/C17H16O2/c1-11-7-8-14(12(2)9-11)17(18)16-10-13-5-3-4-6-15(13)19-16/h3-9,16H,10H2,1-2H3. The van der Waals surface area contributed by atoms with Gasteiger partial charge in [0, 0.05) is 12.0 Å². The zero-order chi connectivity index (χ0) is 13.4. The van der Waals surface area contributed by atoms with Gasteiger partial charge in [-0.2, -0.15) is 0 Å². The van der Waals surface area contributed by atoms with Gasteiger partial charge in [-0.3, -0.25) is 4.79 Å². The monoisotopic (exact) mass is 252 g/mol. The van der Waals surface area contributed by atoms with E-state index in [1.807, 2.05) is 56.3 Å². The van der Waals surface area contributed by atoms with Gasteiger partial charge in [-0.05, 0) is 31.0 Å². The molecule has 2 aromatic carbocycles. The van der Waals surface area contributed by atoms with Crippen LogP contribution in [0.3, 0.4) is 0 Å². The molecule has 0 N–H and O–H groups in total. The van der Waals surface area contributed by atoms with Crippen molar-refractivity contribution < 1.29 is 9.53 Å². The molecule has 1 heterocycles. The summed E-state index contributed by atoms with van der Waals surface area (Å²) in [6, 6.07) is 13.8. The van der Waals surface area contributed by atoms with Crippen molar-refractivity contribution in [1.29, 1.82) is 0 Å². The molecule has 0 saturated carbocycles. The maximum atomic E-state index is 12.5. The van der Waals surface area contributed by atoms with Gasteiger partial charge in [-0.15, -0.1) is 0 Å². The highest BCUT2D eigenvalue weighted by atomic mass is 16.5. The smallest absolute Gasteiger partial charge is 0.203 e. The first-order valence-electron chi connectivity index (χ1n) is 6.51. The second-order valence-electron chi connectivity index (χ2n) is 5.10. The summed E-state index contributed by atoms with van der Waals surface area (Å²) in [6.45, 7) is 4.01. The van der Waals surface area contributed by atoms with E-state index in [4.69, 9.17) is 4.74 Å². The molecule has 1 aliphatic rings. The van der Waals surface area contributed by atoms with Gasteiger partial charge in [0.1, 0.15) is 5.75 Å². The van der Waals surface area contributed by atoms with Crippen molar-refractivity contribution in [2.45, 2.75) is 26.4 Å². The molecule has 96 valence electrons. The van der Waals surface area contributed by atoms with Gasteiger partial charge >= 0.3 is 0 Å². The lowest BCUT2D eigenvalue weighted by Crippen LogP contribution is -2.26. The van der Waals surface area contributed by atoms with E-state index in [9.17, 15) is 4.79 Å². The lowest BCUT2D eigenvalue weighted by Gasteiger charge is -2.12. The number of ketones is 1. The first kappa shape index (κ1) is 12.0. The Labute approximate surface area is 113 Å². The second kappa shape index (κ2) is 4.54. The van der Waals surface area contributed by atoms with E-state index < -0.39 is 0 Å². The number of hydrogen-bond acceptors (Lipinski definition) is 2. The molecule has 0 aliphatic carbocycles. The molecule has 0 saturated heterocycles. The molecule has 2 aromatic rings. The number of carbonyl (C=O) groups is 1. The minimum Gasteiger partial charge on any atom is -0.482 e.